The minimum Gasteiger partial charge on any atom is -0.351 e. The zero-order valence-electron chi connectivity index (χ0n) is 4.39. The first-order valence-electron chi connectivity index (χ1n) is 2.37. The topological polar surface area (TPSA) is 18.5 Å². The Labute approximate surface area is 53.0 Å². The second-order valence-electron chi connectivity index (χ2n) is 1.58. The molecule has 0 aromatic carbocycles. The third-order valence-corrected chi connectivity index (χ3v) is 1.20. The summed E-state index contributed by atoms with van der Waals surface area (Å²) in [6.45, 7) is 1.63. The molecule has 0 aliphatic carbocycles. The molecule has 0 aromatic heterocycles. The first-order valence-corrected chi connectivity index (χ1v) is 2.81. The van der Waals surface area contributed by atoms with Gasteiger partial charge in [-0.25, -0.2) is 0 Å². The first kappa shape index (κ1) is 6.08. The van der Waals surface area contributed by atoms with Crippen molar-refractivity contribution in [1.82, 2.24) is 0 Å². The van der Waals surface area contributed by atoms with Crippen molar-refractivity contribution in [3.05, 3.63) is 11.1 Å². The van der Waals surface area contributed by atoms with Crippen LogP contribution in [-0.4, -0.2) is 20.0 Å². The normalized spacial score (nSPS) is 20.9. The van der Waals surface area contributed by atoms with Gasteiger partial charge in [0.1, 0.15) is 6.79 Å². The summed E-state index contributed by atoms with van der Waals surface area (Å²) in [5.41, 5.74) is 2.50. The van der Waals surface area contributed by atoms with Crippen LogP contribution < -0.4 is 0 Å². The first-order chi connectivity index (χ1) is 3.93. The molecule has 2 nitrogen and oxygen atoms in total. The Kier molecular flexibility index (Phi) is 2.33. The van der Waals surface area contributed by atoms with Gasteiger partial charge in [0.15, 0.2) is 0 Å². The molecule has 46 valence electrons. The lowest BCUT2D eigenvalue weighted by molar-refractivity contribution is -0.0689. The molecule has 1 rings (SSSR count). The highest BCUT2D eigenvalue weighted by Gasteiger charge is 2.02. The average Bonchev–Trinajstić information content (AvgIpc) is 1.90. The van der Waals surface area contributed by atoms with Gasteiger partial charge >= 0.3 is 0 Å². The van der Waals surface area contributed by atoms with Gasteiger partial charge in [0.2, 0.25) is 0 Å². The molecule has 0 N–H and O–H groups in total. The molecule has 3 heteroatoms. The highest BCUT2D eigenvalue weighted by molar-refractivity contribution is 6.25. The Balaban J connectivity index is 2.33. The molecular weight excluding hydrogens is 128 g/mol. The summed E-state index contributed by atoms with van der Waals surface area (Å²) in [6.07, 6.45) is 0. The molecule has 1 heterocycles. The van der Waals surface area contributed by atoms with E-state index in [9.17, 15) is 0 Å². The molecule has 0 unspecified atom stereocenters. The summed E-state index contributed by atoms with van der Waals surface area (Å²) in [5, 5.41) is 0. The Morgan fingerprint density at radius 1 is 1.38 bits per heavy atom. The van der Waals surface area contributed by atoms with Crippen molar-refractivity contribution >= 4 is 11.6 Å². The van der Waals surface area contributed by atoms with Crippen molar-refractivity contribution in [3.8, 4) is 0 Å². The van der Waals surface area contributed by atoms with E-state index in [1.165, 1.54) is 5.54 Å². The van der Waals surface area contributed by atoms with Gasteiger partial charge in [-0.1, -0.05) is 11.6 Å². The van der Waals surface area contributed by atoms with Gasteiger partial charge in [0, 0.05) is 5.54 Å². The van der Waals surface area contributed by atoms with E-state index in [1.54, 1.807) is 0 Å². The van der Waals surface area contributed by atoms with Gasteiger partial charge in [-0.15, -0.1) is 0 Å². The van der Waals surface area contributed by atoms with Crippen molar-refractivity contribution < 1.29 is 9.47 Å². The van der Waals surface area contributed by atoms with E-state index in [1.807, 2.05) is 0 Å². The SMILES string of the molecule is ClC=C1COCOC1. The summed E-state index contributed by atoms with van der Waals surface area (Å²) >= 11 is 5.36. The number of hydrogen-bond donors (Lipinski definition) is 0. The van der Waals surface area contributed by atoms with E-state index in [0.717, 1.165) is 5.57 Å². The largest absolute Gasteiger partial charge is 0.351 e. The maximum Gasteiger partial charge on any atom is 0.147 e. The molecule has 8 heavy (non-hydrogen) atoms. The van der Waals surface area contributed by atoms with Crippen LogP contribution in [0.1, 0.15) is 0 Å². The standard InChI is InChI=1S/C5H7ClO2/c6-1-5-2-7-4-8-3-5/h1H,2-4H2. The van der Waals surface area contributed by atoms with E-state index in [-0.39, 0.29) is 0 Å². The summed E-state index contributed by atoms with van der Waals surface area (Å²) in [4.78, 5) is 0. The minimum atomic E-state index is 0.397. The maximum atomic E-state index is 5.36. The van der Waals surface area contributed by atoms with Crippen LogP contribution >= 0.6 is 11.6 Å². The van der Waals surface area contributed by atoms with Gasteiger partial charge in [-0.2, -0.15) is 0 Å². The second-order valence-corrected chi connectivity index (χ2v) is 1.80. The lowest BCUT2D eigenvalue weighted by Crippen LogP contribution is -2.14. The van der Waals surface area contributed by atoms with E-state index in [2.05, 4.69) is 0 Å². The van der Waals surface area contributed by atoms with E-state index in [0.29, 0.717) is 20.0 Å². The average molecular weight is 135 g/mol. The zero-order chi connectivity index (χ0) is 5.82. The molecule has 0 spiro atoms. The highest BCUT2D eigenvalue weighted by atomic mass is 35.5. The molecule has 1 saturated heterocycles. The maximum absolute atomic E-state index is 5.36. The molecule has 0 amide bonds. The smallest absolute Gasteiger partial charge is 0.147 e. The van der Waals surface area contributed by atoms with Crippen LogP contribution in [0.15, 0.2) is 11.1 Å². The number of halogens is 1. The summed E-state index contributed by atoms with van der Waals surface area (Å²) in [6, 6.07) is 0. The molecule has 0 aromatic rings. The van der Waals surface area contributed by atoms with Gasteiger partial charge in [0.05, 0.1) is 13.2 Å². The second kappa shape index (κ2) is 3.07. The van der Waals surface area contributed by atoms with Crippen LogP contribution in [0.2, 0.25) is 0 Å². The molecule has 0 atom stereocenters. The van der Waals surface area contributed by atoms with Gasteiger partial charge in [0.25, 0.3) is 0 Å². The van der Waals surface area contributed by atoms with Crippen molar-refractivity contribution in [2.75, 3.05) is 20.0 Å². The van der Waals surface area contributed by atoms with Crippen LogP contribution in [-0.2, 0) is 9.47 Å². The van der Waals surface area contributed by atoms with E-state index < -0.39 is 0 Å². The number of rotatable bonds is 0. The van der Waals surface area contributed by atoms with Crippen molar-refractivity contribution in [2.45, 2.75) is 0 Å². The molecule has 0 bridgehead atoms. The Morgan fingerprint density at radius 3 is 2.38 bits per heavy atom. The monoisotopic (exact) mass is 134 g/mol. The van der Waals surface area contributed by atoms with Crippen LogP contribution in [0.3, 0.4) is 0 Å². The molecule has 0 saturated carbocycles. The van der Waals surface area contributed by atoms with Gasteiger partial charge in [-0.05, 0) is 5.57 Å². The Morgan fingerprint density at radius 2 is 2.00 bits per heavy atom. The van der Waals surface area contributed by atoms with Crippen molar-refractivity contribution in [1.29, 1.82) is 0 Å². The molecule has 0 radical (unpaired) electrons. The lowest BCUT2D eigenvalue weighted by Gasteiger charge is -2.13. The summed E-state index contributed by atoms with van der Waals surface area (Å²) in [5.74, 6) is 0. The fraction of sp³-hybridized carbons (Fsp3) is 0.600. The predicted molar refractivity (Wildman–Crippen MR) is 30.7 cm³/mol. The zero-order valence-corrected chi connectivity index (χ0v) is 5.15. The van der Waals surface area contributed by atoms with E-state index in [4.69, 9.17) is 21.1 Å². The minimum absolute atomic E-state index is 0.397. The number of hydrogen-bond acceptors (Lipinski definition) is 2. The highest BCUT2D eigenvalue weighted by Crippen LogP contribution is 2.03. The fourth-order valence-corrected chi connectivity index (χ4v) is 0.635. The third kappa shape index (κ3) is 1.47. The summed E-state index contributed by atoms with van der Waals surface area (Å²) in [7, 11) is 0. The molecule has 1 fully saturated rings. The molecular formula is C5H7ClO2. The van der Waals surface area contributed by atoms with Crippen molar-refractivity contribution in [2.24, 2.45) is 0 Å². The fourth-order valence-electron chi connectivity index (χ4n) is 0.509. The van der Waals surface area contributed by atoms with Gasteiger partial charge < -0.3 is 9.47 Å². The van der Waals surface area contributed by atoms with Gasteiger partial charge in [-0.3, -0.25) is 0 Å². The van der Waals surface area contributed by atoms with Crippen molar-refractivity contribution in [3.63, 3.8) is 0 Å². The lowest BCUT2D eigenvalue weighted by atomic mass is 10.3. The quantitative estimate of drug-likeness (QED) is 0.494. The van der Waals surface area contributed by atoms with Crippen LogP contribution in [0.5, 0.6) is 0 Å². The van der Waals surface area contributed by atoms with Crippen LogP contribution in [0.4, 0.5) is 0 Å². The Hall–Kier alpha value is -0.0500. The molecule has 1 aliphatic heterocycles. The van der Waals surface area contributed by atoms with Crippen LogP contribution in [0, 0.1) is 0 Å². The third-order valence-electron chi connectivity index (χ3n) is 0.896. The predicted octanol–water partition coefficient (Wildman–Crippen LogP) is 1.11. The number of ether oxygens (including phenoxy) is 2. The summed E-state index contributed by atoms with van der Waals surface area (Å²) < 4.78 is 9.80. The molecule has 1 aliphatic rings. The van der Waals surface area contributed by atoms with E-state index >= 15 is 0 Å². The van der Waals surface area contributed by atoms with Crippen LogP contribution in [0.25, 0.3) is 0 Å². The Bertz CT molecular complexity index is 92.6.